The molecule has 1 fully saturated rings. The smallest absolute Gasteiger partial charge is 0.255 e. The van der Waals surface area contributed by atoms with E-state index in [1.165, 1.54) is 6.07 Å². The molecule has 8 heteroatoms. The van der Waals surface area contributed by atoms with Crippen molar-refractivity contribution in [2.45, 2.75) is 19.3 Å². The first kappa shape index (κ1) is 22.4. The van der Waals surface area contributed by atoms with Crippen molar-refractivity contribution in [2.24, 2.45) is 0 Å². The van der Waals surface area contributed by atoms with Crippen LogP contribution in [0.4, 0.5) is 11.4 Å². The van der Waals surface area contributed by atoms with E-state index in [9.17, 15) is 9.59 Å². The number of nitrogens with zero attached hydrogens (tertiary/aromatic N) is 1. The average molecular weight is 450 g/mol. The summed E-state index contributed by atoms with van der Waals surface area (Å²) in [5.74, 6) is -0.493. The number of anilines is 2. The minimum Gasteiger partial charge on any atom is -0.385 e. The third-order valence-electron chi connectivity index (χ3n) is 4.94. The fourth-order valence-corrected chi connectivity index (χ4v) is 3.68. The predicted molar refractivity (Wildman–Crippen MR) is 121 cm³/mol. The van der Waals surface area contributed by atoms with E-state index in [2.05, 4.69) is 15.5 Å². The summed E-state index contributed by atoms with van der Waals surface area (Å²) in [6, 6.07) is 10.1. The molecule has 30 heavy (non-hydrogen) atoms. The third kappa shape index (κ3) is 5.65. The average Bonchev–Trinajstić information content (AvgIpc) is 3.27. The standard InChI is InChI=1S/C22H25Cl2N3O3/c1-30-12-4-9-25-22(29)17-14-16(6-8-20(17)27-10-2-3-11-27)26-21(28)15-5-7-18(23)19(24)13-15/h5-8,13-14H,2-4,9-12H2,1H3,(H,25,29)(H,26,28). The number of benzene rings is 2. The van der Waals surface area contributed by atoms with Gasteiger partial charge in [0.1, 0.15) is 0 Å². The summed E-state index contributed by atoms with van der Waals surface area (Å²) in [5.41, 5.74) is 2.35. The molecule has 0 bridgehead atoms. The summed E-state index contributed by atoms with van der Waals surface area (Å²) in [6.07, 6.45) is 2.93. The van der Waals surface area contributed by atoms with E-state index in [1.54, 1.807) is 25.3 Å². The van der Waals surface area contributed by atoms with Gasteiger partial charge in [-0.3, -0.25) is 9.59 Å². The normalized spacial score (nSPS) is 13.4. The molecule has 0 radical (unpaired) electrons. The molecule has 1 saturated heterocycles. The Morgan fingerprint density at radius 2 is 1.80 bits per heavy atom. The lowest BCUT2D eigenvalue weighted by Gasteiger charge is -2.22. The predicted octanol–water partition coefficient (Wildman–Crippen LogP) is 4.61. The van der Waals surface area contributed by atoms with Crippen LogP contribution in [-0.2, 0) is 4.74 Å². The first-order chi connectivity index (χ1) is 14.5. The van der Waals surface area contributed by atoms with Crippen LogP contribution >= 0.6 is 23.2 Å². The van der Waals surface area contributed by atoms with Gasteiger partial charge < -0.3 is 20.3 Å². The number of halogens is 2. The second-order valence-electron chi connectivity index (χ2n) is 7.11. The van der Waals surface area contributed by atoms with Crippen LogP contribution in [0.5, 0.6) is 0 Å². The van der Waals surface area contributed by atoms with Crippen molar-refractivity contribution >= 4 is 46.4 Å². The Balaban J connectivity index is 1.80. The number of hydrogen-bond acceptors (Lipinski definition) is 4. The number of rotatable bonds is 8. The highest BCUT2D eigenvalue weighted by Gasteiger charge is 2.20. The summed E-state index contributed by atoms with van der Waals surface area (Å²) >= 11 is 11.9. The van der Waals surface area contributed by atoms with Gasteiger partial charge in [0.25, 0.3) is 11.8 Å². The van der Waals surface area contributed by atoms with Gasteiger partial charge in [-0.15, -0.1) is 0 Å². The number of methoxy groups -OCH3 is 1. The lowest BCUT2D eigenvalue weighted by molar-refractivity contribution is 0.0947. The maximum atomic E-state index is 12.9. The Bertz CT molecular complexity index is 914. The molecule has 2 aromatic rings. The van der Waals surface area contributed by atoms with Gasteiger partial charge in [-0.25, -0.2) is 0 Å². The molecule has 1 aliphatic heterocycles. The van der Waals surface area contributed by atoms with Crippen molar-refractivity contribution in [3.8, 4) is 0 Å². The summed E-state index contributed by atoms with van der Waals surface area (Å²) in [5, 5.41) is 6.46. The van der Waals surface area contributed by atoms with E-state index >= 15 is 0 Å². The molecular formula is C22H25Cl2N3O3. The molecule has 1 heterocycles. The van der Waals surface area contributed by atoms with Gasteiger partial charge in [0, 0.05) is 50.3 Å². The first-order valence-electron chi connectivity index (χ1n) is 9.92. The van der Waals surface area contributed by atoms with Crippen LogP contribution in [-0.4, -0.2) is 45.2 Å². The van der Waals surface area contributed by atoms with Crippen LogP contribution in [0.2, 0.25) is 10.0 Å². The summed E-state index contributed by atoms with van der Waals surface area (Å²) < 4.78 is 5.03. The number of nitrogens with one attached hydrogen (secondary N) is 2. The maximum absolute atomic E-state index is 12.9. The van der Waals surface area contributed by atoms with Crippen LogP contribution in [0.15, 0.2) is 36.4 Å². The van der Waals surface area contributed by atoms with Crippen LogP contribution < -0.4 is 15.5 Å². The fourth-order valence-electron chi connectivity index (χ4n) is 3.38. The molecule has 0 aromatic heterocycles. The first-order valence-corrected chi connectivity index (χ1v) is 10.7. The summed E-state index contributed by atoms with van der Waals surface area (Å²) in [6.45, 7) is 2.93. The van der Waals surface area contributed by atoms with E-state index in [0.29, 0.717) is 40.0 Å². The SMILES string of the molecule is COCCCNC(=O)c1cc(NC(=O)c2ccc(Cl)c(Cl)c2)ccc1N1CCCC1. The zero-order valence-corrected chi connectivity index (χ0v) is 18.4. The third-order valence-corrected chi connectivity index (χ3v) is 5.68. The minimum atomic E-state index is -0.325. The van der Waals surface area contributed by atoms with Gasteiger partial charge >= 0.3 is 0 Å². The molecule has 0 aliphatic carbocycles. The van der Waals surface area contributed by atoms with Crippen LogP contribution in [0.3, 0.4) is 0 Å². The van der Waals surface area contributed by atoms with E-state index in [1.807, 2.05) is 12.1 Å². The van der Waals surface area contributed by atoms with Gasteiger partial charge in [-0.2, -0.15) is 0 Å². The highest BCUT2D eigenvalue weighted by atomic mass is 35.5. The van der Waals surface area contributed by atoms with Crippen LogP contribution in [0.25, 0.3) is 0 Å². The Labute approximate surface area is 186 Å². The highest BCUT2D eigenvalue weighted by Crippen LogP contribution is 2.28. The number of carbonyl (C=O) groups excluding carboxylic acids is 2. The van der Waals surface area contributed by atoms with Crippen molar-refractivity contribution in [1.82, 2.24) is 5.32 Å². The Kier molecular flexibility index (Phi) is 7.96. The van der Waals surface area contributed by atoms with Crippen molar-refractivity contribution < 1.29 is 14.3 Å². The highest BCUT2D eigenvalue weighted by molar-refractivity contribution is 6.42. The molecule has 2 amide bonds. The quantitative estimate of drug-likeness (QED) is 0.577. The number of hydrogen-bond donors (Lipinski definition) is 2. The van der Waals surface area contributed by atoms with Gasteiger partial charge in [0.05, 0.1) is 15.6 Å². The van der Waals surface area contributed by atoms with Gasteiger partial charge in [-0.05, 0) is 55.7 Å². The summed E-state index contributed by atoms with van der Waals surface area (Å²) in [7, 11) is 1.63. The monoisotopic (exact) mass is 449 g/mol. The van der Waals surface area contributed by atoms with E-state index < -0.39 is 0 Å². The largest absolute Gasteiger partial charge is 0.385 e. The van der Waals surface area contributed by atoms with Gasteiger partial charge in [0.15, 0.2) is 0 Å². The molecule has 3 rings (SSSR count). The Morgan fingerprint density at radius 1 is 1.03 bits per heavy atom. The molecule has 0 spiro atoms. The fraction of sp³-hybridized carbons (Fsp3) is 0.364. The van der Waals surface area contributed by atoms with Crippen molar-refractivity contribution in [3.05, 3.63) is 57.6 Å². The molecule has 0 saturated carbocycles. The molecule has 1 aliphatic rings. The minimum absolute atomic E-state index is 0.168. The zero-order chi connectivity index (χ0) is 21.5. The second kappa shape index (κ2) is 10.7. The van der Waals surface area contributed by atoms with E-state index in [0.717, 1.165) is 38.0 Å². The lowest BCUT2D eigenvalue weighted by Crippen LogP contribution is -2.29. The summed E-state index contributed by atoms with van der Waals surface area (Å²) in [4.78, 5) is 27.7. The topological polar surface area (TPSA) is 70.7 Å². The number of ether oxygens (including phenoxy) is 1. The maximum Gasteiger partial charge on any atom is 0.255 e. The van der Waals surface area contributed by atoms with Gasteiger partial charge in [-0.1, -0.05) is 23.2 Å². The molecule has 2 N–H and O–H groups in total. The van der Waals surface area contributed by atoms with Crippen LogP contribution in [0.1, 0.15) is 40.0 Å². The lowest BCUT2D eigenvalue weighted by atomic mass is 10.1. The number of amides is 2. The molecule has 2 aromatic carbocycles. The van der Waals surface area contributed by atoms with E-state index in [4.69, 9.17) is 27.9 Å². The second-order valence-corrected chi connectivity index (χ2v) is 7.93. The zero-order valence-electron chi connectivity index (χ0n) is 16.8. The Hall–Kier alpha value is -2.28. The molecule has 0 atom stereocenters. The molecule has 6 nitrogen and oxygen atoms in total. The van der Waals surface area contributed by atoms with Crippen LogP contribution in [0, 0.1) is 0 Å². The molecular weight excluding hydrogens is 425 g/mol. The molecule has 0 unspecified atom stereocenters. The van der Waals surface area contributed by atoms with E-state index in [-0.39, 0.29) is 11.8 Å². The van der Waals surface area contributed by atoms with Gasteiger partial charge in [0.2, 0.25) is 0 Å². The number of carbonyl (C=O) groups is 2. The Morgan fingerprint density at radius 3 is 2.50 bits per heavy atom. The van der Waals surface area contributed by atoms with Crippen molar-refractivity contribution in [3.63, 3.8) is 0 Å². The van der Waals surface area contributed by atoms with Crippen molar-refractivity contribution in [2.75, 3.05) is 43.6 Å². The molecule has 160 valence electrons. The van der Waals surface area contributed by atoms with Crippen molar-refractivity contribution in [1.29, 1.82) is 0 Å².